The molecule has 1 fully saturated rings. The van der Waals surface area contributed by atoms with Crippen LogP contribution in [0.3, 0.4) is 0 Å². The molecule has 1 aliphatic heterocycles. The van der Waals surface area contributed by atoms with Gasteiger partial charge in [-0.25, -0.2) is 0 Å². The summed E-state index contributed by atoms with van der Waals surface area (Å²) in [5.41, 5.74) is 0.0747. The average Bonchev–Trinajstić information content (AvgIpc) is 2.36. The second kappa shape index (κ2) is 3.11. The molecule has 1 rings (SSSR count). The van der Waals surface area contributed by atoms with E-state index in [1.807, 2.05) is 0 Å². The summed E-state index contributed by atoms with van der Waals surface area (Å²) in [4.78, 5) is 2.36. The third-order valence-corrected chi connectivity index (χ3v) is 2.83. The number of hydrogen-bond acceptors (Lipinski definition) is 2. The molecule has 0 aromatic rings. The highest BCUT2D eigenvalue weighted by Crippen LogP contribution is 2.31. The molecule has 11 heavy (non-hydrogen) atoms. The van der Waals surface area contributed by atoms with E-state index in [1.165, 1.54) is 19.4 Å². The van der Waals surface area contributed by atoms with E-state index in [4.69, 9.17) is 5.11 Å². The predicted octanol–water partition coefficient (Wildman–Crippen LogP) is 1.10. The van der Waals surface area contributed by atoms with Gasteiger partial charge in [0.25, 0.3) is 0 Å². The van der Waals surface area contributed by atoms with Gasteiger partial charge in [0.1, 0.15) is 0 Å². The standard InChI is InChI=1S/C9H19NO/c1-9(2,7-11)8-5-4-6-10(8)3/h8,11H,4-7H2,1-3H3. The van der Waals surface area contributed by atoms with Gasteiger partial charge >= 0.3 is 0 Å². The van der Waals surface area contributed by atoms with Gasteiger partial charge in [-0.1, -0.05) is 13.8 Å². The highest BCUT2D eigenvalue weighted by molar-refractivity contribution is 4.88. The van der Waals surface area contributed by atoms with Crippen molar-refractivity contribution in [3.05, 3.63) is 0 Å². The Bertz CT molecular complexity index is 134. The van der Waals surface area contributed by atoms with Crippen molar-refractivity contribution in [1.82, 2.24) is 4.90 Å². The zero-order valence-corrected chi connectivity index (χ0v) is 7.80. The lowest BCUT2D eigenvalue weighted by Crippen LogP contribution is -2.40. The van der Waals surface area contributed by atoms with E-state index in [1.54, 1.807) is 0 Å². The summed E-state index contributed by atoms with van der Waals surface area (Å²) in [6, 6.07) is 0.576. The summed E-state index contributed by atoms with van der Waals surface area (Å²) in [5, 5.41) is 9.15. The summed E-state index contributed by atoms with van der Waals surface area (Å²) < 4.78 is 0. The minimum absolute atomic E-state index is 0.0747. The van der Waals surface area contributed by atoms with Crippen LogP contribution >= 0.6 is 0 Å². The Balaban J connectivity index is 2.58. The Labute approximate surface area is 69.2 Å². The van der Waals surface area contributed by atoms with Gasteiger partial charge in [0.2, 0.25) is 0 Å². The largest absolute Gasteiger partial charge is 0.396 e. The molecule has 1 saturated heterocycles. The van der Waals surface area contributed by atoms with Crippen LogP contribution in [-0.2, 0) is 0 Å². The topological polar surface area (TPSA) is 23.5 Å². The third kappa shape index (κ3) is 1.74. The molecule has 0 bridgehead atoms. The molecule has 2 heteroatoms. The molecule has 0 aliphatic carbocycles. The molecule has 1 heterocycles. The third-order valence-electron chi connectivity index (χ3n) is 2.83. The Morgan fingerprint density at radius 2 is 2.18 bits per heavy atom. The highest BCUT2D eigenvalue weighted by atomic mass is 16.3. The van der Waals surface area contributed by atoms with E-state index in [0.717, 1.165) is 0 Å². The second-order valence-electron chi connectivity index (χ2n) is 4.29. The van der Waals surface area contributed by atoms with Crippen molar-refractivity contribution in [1.29, 1.82) is 0 Å². The van der Waals surface area contributed by atoms with Crippen LogP contribution in [0.4, 0.5) is 0 Å². The first-order valence-electron chi connectivity index (χ1n) is 4.39. The first-order chi connectivity index (χ1) is 5.08. The zero-order valence-electron chi connectivity index (χ0n) is 7.80. The van der Waals surface area contributed by atoms with E-state index in [2.05, 4.69) is 25.8 Å². The van der Waals surface area contributed by atoms with E-state index in [0.29, 0.717) is 12.6 Å². The predicted molar refractivity (Wildman–Crippen MR) is 46.5 cm³/mol. The maximum absolute atomic E-state index is 9.15. The molecular weight excluding hydrogens is 138 g/mol. The Morgan fingerprint density at radius 1 is 1.55 bits per heavy atom. The molecule has 0 aromatic carbocycles. The molecule has 0 amide bonds. The van der Waals surface area contributed by atoms with Crippen molar-refractivity contribution in [2.45, 2.75) is 32.7 Å². The van der Waals surface area contributed by atoms with E-state index >= 15 is 0 Å². The summed E-state index contributed by atoms with van der Waals surface area (Å²) in [6.07, 6.45) is 2.52. The lowest BCUT2D eigenvalue weighted by molar-refractivity contribution is 0.0750. The van der Waals surface area contributed by atoms with Crippen molar-refractivity contribution in [3.63, 3.8) is 0 Å². The molecule has 0 radical (unpaired) electrons. The van der Waals surface area contributed by atoms with Crippen molar-refractivity contribution in [2.24, 2.45) is 5.41 Å². The molecule has 66 valence electrons. The van der Waals surface area contributed by atoms with Crippen LogP contribution in [0, 0.1) is 5.41 Å². The van der Waals surface area contributed by atoms with Crippen molar-refractivity contribution in [3.8, 4) is 0 Å². The summed E-state index contributed by atoms with van der Waals surface area (Å²) in [7, 11) is 2.15. The van der Waals surface area contributed by atoms with Gasteiger partial charge in [0.15, 0.2) is 0 Å². The van der Waals surface area contributed by atoms with Gasteiger partial charge in [-0.15, -0.1) is 0 Å². The molecule has 0 spiro atoms. The fourth-order valence-electron chi connectivity index (χ4n) is 2.00. The fraction of sp³-hybridized carbons (Fsp3) is 1.00. The van der Waals surface area contributed by atoms with Crippen LogP contribution in [0.25, 0.3) is 0 Å². The molecule has 0 saturated carbocycles. The smallest absolute Gasteiger partial charge is 0.0497 e. The highest BCUT2D eigenvalue weighted by Gasteiger charge is 2.34. The van der Waals surface area contributed by atoms with Crippen LogP contribution in [0.1, 0.15) is 26.7 Å². The minimum atomic E-state index is 0.0747. The van der Waals surface area contributed by atoms with Crippen LogP contribution in [0.5, 0.6) is 0 Å². The number of hydrogen-bond donors (Lipinski definition) is 1. The van der Waals surface area contributed by atoms with Gasteiger partial charge in [0.05, 0.1) is 0 Å². The zero-order chi connectivity index (χ0) is 8.48. The maximum atomic E-state index is 9.15. The van der Waals surface area contributed by atoms with E-state index in [-0.39, 0.29) is 5.41 Å². The van der Waals surface area contributed by atoms with Crippen LogP contribution < -0.4 is 0 Å². The second-order valence-corrected chi connectivity index (χ2v) is 4.29. The number of aliphatic hydroxyl groups excluding tert-OH is 1. The van der Waals surface area contributed by atoms with Crippen LogP contribution in [-0.4, -0.2) is 36.2 Å². The monoisotopic (exact) mass is 157 g/mol. The quantitative estimate of drug-likeness (QED) is 0.649. The lowest BCUT2D eigenvalue weighted by atomic mass is 9.84. The summed E-state index contributed by atoms with van der Waals surface area (Å²) in [5.74, 6) is 0. The lowest BCUT2D eigenvalue weighted by Gasteiger charge is -2.34. The number of aliphatic hydroxyl groups is 1. The fourth-order valence-corrected chi connectivity index (χ4v) is 2.00. The summed E-state index contributed by atoms with van der Waals surface area (Å²) >= 11 is 0. The SMILES string of the molecule is CN1CCCC1C(C)(C)CO. The number of rotatable bonds is 2. The Hall–Kier alpha value is -0.0800. The Morgan fingerprint density at radius 3 is 2.55 bits per heavy atom. The summed E-state index contributed by atoms with van der Waals surface area (Å²) in [6.45, 7) is 5.76. The average molecular weight is 157 g/mol. The molecule has 0 aromatic heterocycles. The van der Waals surface area contributed by atoms with Gasteiger partial charge in [-0.2, -0.15) is 0 Å². The van der Waals surface area contributed by atoms with Crippen molar-refractivity contribution in [2.75, 3.05) is 20.2 Å². The van der Waals surface area contributed by atoms with Gasteiger partial charge in [-0.05, 0) is 26.4 Å². The van der Waals surface area contributed by atoms with Crippen LogP contribution in [0.15, 0.2) is 0 Å². The maximum Gasteiger partial charge on any atom is 0.0497 e. The van der Waals surface area contributed by atoms with Gasteiger partial charge in [-0.3, -0.25) is 0 Å². The first-order valence-corrected chi connectivity index (χ1v) is 4.39. The first kappa shape index (κ1) is 9.01. The van der Waals surface area contributed by atoms with Crippen molar-refractivity contribution >= 4 is 0 Å². The van der Waals surface area contributed by atoms with E-state index in [9.17, 15) is 0 Å². The Kier molecular flexibility index (Phi) is 2.55. The molecule has 1 atom stereocenters. The normalized spacial score (nSPS) is 27.8. The van der Waals surface area contributed by atoms with Crippen molar-refractivity contribution < 1.29 is 5.11 Å². The minimum Gasteiger partial charge on any atom is -0.396 e. The molecular formula is C9H19NO. The van der Waals surface area contributed by atoms with E-state index < -0.39 is 0 Å². The number of likely N-dealkylation sites (tertiary alicyclic amines) is 1. The molecule has 2 nitrogen and oxygen atoms in total. The molecule has 1 unspecified atom stereocenters. The van der Waals surface area contributed by atoms with Crippen LogP contribution in [0.2, 0.25) is 0 Å². The molecule has 1 N–H and O–H groups in total. The molecule has 1 aliphatic rings. The van der Waals surface area contributed by atoms with Gasteiger partial charge < -0.3 is 10.0 Å². The number of nitrogens with zero attached hydrogens (tertiary/aromatic N) is 1. The van der Waals surface area contributed by atoms with Gasteiger partial charge in [0, 0.05) is 18.1 Å².